The van der Waals surface area contributed by atoms with Crippen LogP contribution in [0.25, 0.3) is 0 Å². The number of rotatable bonds is 2. The molecule has 0 saturated heterocycles. The summed E-state index contributed by atoms with van der Waals surface area (Å²) in [5, 5.41) is 6.80. The van der Waals surface area contributed by atoms with Gasteiger partial charge in [-0.3, -0.25) is 9.36 Å². The smallest absolute Gasteiger partial charge is 0.271 e. The normalized spacial score (nSPS) is 19.0. The van der Waals surface area contributed by atoms with Gasteiger partial charge in [0.15, 0.2) is 5.49 Å². The third-order valence-electron chi connectivity index (χ3n) is 4.77. The molecule has 0 radical (unpaired) electrons. The van der Waals surface area contributed by atoms with E-state index in [4.69, 9.17) is 11.6 Å². The summed E-state index contributed by atoms with van der Waals surface area (Å²) in [7, 11) is 0. The highest BCUT2D eigenvalue weighted by molar-refractivity contribution is 14.1. The van der Waals surface area contributed by atoms with Crippen LogP contribution in [-0.4, -0.2) is 20.4 Å². The number of nitrogens with one attached hydrogen (secondary N) is 2. The summed E-state index contributed by atoms with van der Waals surface area (Å²) >= 11 is 8.43. The van der Waals surface area contributed by atoms with Crippen molar-refractivity contribution in [3.8, 4) is 0 Å². The molecular formula is C16H16ClIN6O. The Morgan fingerprint density at radius 3 is 2.84 bits per heavy atom. The highest BCUT2D eigenvalue weighted by Gasteiger charge is 2.45. The fourth-order valence-corrected chi connectivity index (χ4v) is 4.46. The van der Waals surface area contributed by atoms with E-state index < -0.39 is 5.66 Å². The first-order chi connectivity index (χ1) is 12.1. The number of amides is 1. The van der Waals surface area contributed by atoms with E-state index >= 15 is 0 Å². The topological polar surface area (TPSA) is 84.2 Å². The predicted molar refractivity (Wildman–Crippen MR) is 103 cm³/mol. The van der Waals surface area contributed by atoms with Crippen LogP contribution in [0.3, 0.4) is 0 Å². The second-order valence-electron chi connectivity index (χ2n) is 6.26. The molecule has 0 bridgehead atoms. The van der Waals surface area contributed by atoms with Crippen molar-refractivity contribution in [3.63, 3.8) is 0 Å². The van der Waals surface area contributed by atoms with Gasteiger partial charge in [0.25, 0.3) is 5.91 Å². The number of pyridine rings is 1. The Bertz CT molecular complexity index is 891. The lowest BCUT2D eigenvalue weighted by molar-refractivity contribution is 0.0876. The second kappa shape index (κ2) is 6.56. The van der Waals surface area contributed by atoms with Gasteiger partial charge in [-0.25, -0.2) is 9.97 Å². The maximum atomic E-state index is 12.6. The van der Waals surface area contributed by atoms with Gasteiger partial charge in [0.05, 0.1) is 33.6 Å². The van der Waals surface area contributed by atoms with Gasteiger partial charge >= 0.3 is 0 Å². The van der Waals surface area contributed by atoms with Gasteiger partial charge in [-0.2, -0.15) is 3.21 Å². The van der Waals surface area contributed by atoms with Crippen LogP contribution < -0.4 is 16.1 Å². The zero-order chi connectivity index (χ0) is 17.4. The molecule has 1 spiro atoms. The van der Waals surface area contributed by atoms with E-state index in [0.717, 1.165) is 25.7 Å². The van der Waals surface area contributed by atoms with Crippen LogP contribution in [0.1, 0.15) is 42.6 Å². The summed E-state index contributed by atoms with van der Waals surface area (Å²) in [6, 6.07) is 3.50. The Morgan fingerprint density at radius 2 is 2.16 bits per heavy atom. The molecule has 2 aromatic heterocycles. The van der Waals surface area contributed by atoms with Gasteiger partial charge in [-0.05, 0) is 37.8 Å². The molecule has 1 amide bonds. The van der Waals surface area contributed by atoms with Gasteiger partial charge in [-0.15, -0.1) is 0 Å². The average Bonchev–Trinajstić information content (AvgIpc) is 2.89. The Hall–Kier alpha value is -1.68. The van der Waals surface area contributed by atoms with Gasteiger partial charge in [0.1, 0.15) is 23.5 Å². The molecule has 1 aliphatic heterocycles. The number of hydrogen-bond donors (Lipinski definition) is 2. The first-order valence-electron chi connectivity index (χ1n) is 8.11. The van der Waals surface area contributed by atoms with Crippen LogP contribution in [-0.2, 0) is 5.66 Å². The fourth-order valence-electron chi connectivity index (χ4n) is 3.71. The highest BCUT2D eigenvalue weighted by Crippen LogP contribution is 2.38. The molecule has 2 aliphatic rings. The van der Waals surface area contributed by atoms with E-state index in [0.29, 0.717) is 27.7 Å². The van der Waals surface area contributed by atoms with Crippen molar-refractivity contribution in [2.24, 2.45) is 3.21 Å². The number of nitrogens with zero attached hydrogens (tertiary/aromatic N) is 4. The summed E-state index contributed by atoms with van der Waals surface area (Å²) in [6.07, 6.45) is 8.19. The van der Waals surface area contributed by atoms with Gasteiger partial charge < -0.3 is 10.6 Å². The van der Waals surface area contributed by atoms with E-state index in [9.17, 15) is 4.79 Å². The number of fused-ring (bicyclic) bond motifs is 2. The van der Waals surface area contributed by atoms with Gasteiger partial charge in [0.2, 0.25) is 0 Å². The molecule has 1 aliphatic carbocycles. The molecule has 2 aromatic rings. The molecule has 2 N–H and O–H groups in total. The largest absolute Gasteiger partial charge is 0.337 e. The first-order valence-corrected chi connectivity index (χ1v) is 9.45. The summed E-state index contributed by atoms with van der Waals surface area (Å²) in [6.45, 7) is 0. The minimum absolute atomic E-state index is 0.137. The van der Waals surface area contributed by atoms with Crippen LogP contribution in [0.2, 0.25) is 5.02 Å². The Morgan fingerprint density at radius 1 is 1.36 bits per heavy atom. The third-order valence-corrected chi connectivity index (χ3v) is 5.51. The summed E-state index contributed by atoms with van der Waals surface area (Å²) < 4.78 is 6.42. The van der Waals surface area contributed by atoms with E-state index in [1.54, 1.807) is 18.3 Å². The minimum atomic E-state index is -0.443. The quantitative estimate of drug-likeness (QED) is 0.660. The molecule has 1 fully saturated rings. The molecule has 3 heterocycles. The SMILES string of the molecule is O=C1NC2(CCCCC2)n2c1c(Cl)cc(Nc1ccncn1)c2=NI. The zero-order valence-electron chi connectivity index (χ0n) is 13.3. The first kappa shape index (κ1) is 16.8. The molecule has 25 heavy (non-hydrogen) atoms. The van der Waals surface area contributed by atoms with Gasteiger partial charge in [0, 0.05) is 6.20 Å². The Kier molecular flexibility index (Phi) is 4.40. The summed E-state index contributed by atoms with van der Waals surface area (Å²) in [5.74, 6) is 0.504. The molecule has 1 saturated carbocycles. The standard InChI is InChI=1S/C16H16ClIN6O/c17-10-8-11(21-12-4-7-19-9-20-12)14(23-18)24-13(10)15(25)22-16(24)5-2-1-3-6-16/h4,7-9H,1-3,5-6H2,(H,22,25)(H,19,20,21). The predicted octanol–water partition coefficient (Wildman–Crippen LogP) is 3.29. The lowest BCUT2D eigenvalue weighted by Crippen LogP contribution is -2.49. The van der Waals surface area contributed by atoms with Crippen molar-refractivity contribution in [2.45, 2.75) is 37.8 Å². The second-order valence-corrected chi connectivity index (χ2v) is 7.15. The number of hydrogen-bond acceptors (Lipinski definition) is 5. The average molecular weight is 471 g/mol. The monoisotopic (exact) mass is 470 g/mol. The van der Waals surface area contributed by atoms with Crippen molar-refractivity contribution in [3.05, 3.63) is 40.9 Å². The zero-order valence-corrected chi connectivity index (χ0v) is 16.2. The molecule has 0 unspecified atom stereocenters. The maximum Gasteiger partial charge on any atom is 0.271 e. The molecule has 9 heteroatoms. The van der Waals surface area contributed by atoms with Crippen molar-refractivity contribution in [2.75, 3.05) is 5.32 Å². The van der Waals surface area contributed by atoms with Crippen LogP contribution in [0.5, 0.6) is 0 Å². The molecule has 0 atom stereocenters. The maximum absolute atomic E-state index is 12.6. The third kappa shape index (κ3) is 2.80. The van der Waals surface area contributed by atoms with E-state index in [1.807, 2.05) is 27.4 Å². The van der Waals surface area contributed by atoms with Crippen LogP contribution >= 0.6 is 34.5 Å². The lowest BCUT2D eigenvalue weighted by Gasteiger charge is -2.36. The number of aromatic nitrogens is 3. The van der Waals surface area contributed by atoms with Crippen molar-refractivity contribution in [1.82, 2.24) is 19.9 Å². The van der Waals surface area contributed by atoms with E-state index in [2.05, 4.69) is 23.8 Å². The fraction of sp³-hybridized carbons (Fsp3) is 0.375. The van der Waals surface area contributed by atoms with Gasteiger partial charge in [-0.1, -0.05) is 18.0 Å². The molecule has 7 nitrogen and oxygen atoms in total. The lowest BCUT2D eigenvalue weighted by atomic mass is 9.89. The van der Waals surface area contributed by atoms with E-state index in [-0.39, 0.29) is 5.91 Å². The molecule has 130 valence electrons. The Labute approximate surface area is 163 Å². The van der Waals surface area contributed by atoms with Crippen LogP contribution in [0, 0.1) is 0 Å². The van der Waals surface area contributed by atoms with E-state index in [1.165, 1.54) is 12.7 Å². The number of halogens is 2. The Balaban J connectivity index is 1.91. The van der Waals surface area contributed by atoms with Crippen LogP contribution in [0.4, 0.5) is 11.5 Å². The minimum Gasteiger partial charge on any atom is -0.337 e. The summed E-state index contributed by atoms with van der Waals surface area (Å²) in [5.41, 5.74) is 1.43. The number of carbonyl (C=O) groups is 1. The number of carbonyl (C=O) groups excluding carboxylic acids is 1. The molecule has 4 rings (SSSR count). The van der Waals surface area contributed by atoms with Crippen molar-refractivity contribution in [1.29, 1.82) is 0 Å². The van der Waals surface area contributed by atoms with Crippen molar-refractivity contribution >= 4 is 51.9 Å². The molecule has 0 aromatic carbocycles. The highest BCUT2D eigenvalue weighted by atomic mass is 127. The molecular weight excluding hydrogens is 455 g/mol. The van der Waals surface area contributed by atoms with Crippen LogP contribution in [0.15, 0.2) is 27.9 Å². The van der Waals surface area contributed by atoms with Crippen molar-refractivity contribution < 1.29 is 4.79 Å². The number of anilines is 2. The summed E-state index contributed by atoms with van der Waals surface area (Å²) in [4.78, 5) is 20.7.